The molecule has 0 aliphatic rings. The van der Waals surface area contributed by atoms with Gasteiger partial charge in [-0.3, -0.25) is 0 Å². The fourth-order valence-electron chi connectivity index (χ4n) is 3.68. The molecule has 0 spiro atoms. The molecule has 190 valence electrons. The Labute approximate surface area is 209 Å². The van der Waals surface area contributed by atoms with Gasteiger partial charge in [-0.15, -0.1) is 13.2 Å². The maximum Gasteiger partial charge on any atom is 0.573 e. The van der Waals surface area contributed by atoms with Crippen LogP contribution in [0.25, 0.3) is 33.1 Å². The zero-order valence-electron chi connectivity index (χ0n) is 20.1. The van der Waals surface area contributed by atoms with E-state index >= 15 is 0 Å². The molecule has 0 saturated heterocycles. The Morgan fingerprint density at radius 2 is 1.38 bits per heavy atom. The van der Waals surface area contributed by atoms with Crippen molar-refractivity contribution in [3.8, 4) is 28.4 Å². The fraction of sp³-hybridized carbons (Fsp3) is 0.143. The number of esters is 2. The smallest absolute Gasteiger partial charge is 0.452 e. The van der Waals surface area contributed by atoms with Crippen LogP contribution in [0, 0.1) is 6.92 Å². The standard InChI is InChI=1S/C28H21F3O6/c1-14(2)26(32)34-18-8-6-17(7-9-18)19-10-11-20-21-12-13-22(35-27(33)15(3)4)25(37-28(29,30)31)24(21)36-23(20)16(19)5/h6-13H,1,3H2,2,4-5H3. The van der Waals surface area contributed by atoms with Gasteiger partial charge in [0.2, 0.25) is 5.75 Å². The molecule has 0 atom stereocenters. The fourth-order valence-corrected chi connectivity index (χ4v) is 3.68. The first kappa shape index (κ1) is 25.6. The summed E-state index contributed by atoms with van der Waals surface area (Å²) < 4.78 is 60.2. The quantitative estimate of drug-likeness (QED) is 0.153. The van der Waals surface area contributed by atoms with E-state index in [2.05, 4.69) is 17.9 Å². The van der Waals surface area contributed by atoms with E-state index in [1.807, 2.05) is 0 Å². The number of hydrogen-bond donors (Lipinski definition) is 0. The topological polar surface area (TPSA) is 75.0 Å². The van der Waals surface area contributed by atoms with Gasteiger partial charge < -0.3 is 18.6 Å². The van der Waals surface area contributed by atoms with Gasteiger partial charge in [-0.2, -0.15) is 0 Å². The normalized spacial score (nSPS) is 11.4. The average Bonchev–Trinajstić information content (AvgIpc) is 3.20. The number of carbonyl (C=O) groups is 2. The van der Waals surface area contributed by atoms with E-state index in [9.17, 15) is 22.8 Å². The third-order valence-corrected chi connectivity index (χ3v) is 5.47. The van der Waals surface area contributed by atoms with Crippen LogP contribution in [0.1, 0.15) is 19.4 Å². The highest BCUT2D eigenvalue weighted by atomic mass is 19.4. The lowest BCUT2D eigenvalue weighted by Gasteiger charge is -2.13. The van der Waals surface area contributed by atoms with E-state index < -0.39 is 29.8 Å². The van der Waals surface area contributed by atoms with Crippen molar-refractivity contribution in [3.05, 3.63) is 78.4 Å². The highest BCUT2D eigenvalue weighted by Gasteiger charge is 2.35. The minimum atomic E-state index is -5.06. The monoisotopic (exact) mass is 510 g/mol. The van der Waals surface area contributed by atoms with Crippen molar-refractivity contribution in [2.75, 3.05) is 0 Å². The number of furan rings is 1. The molecular weight excluding hydrogens is 489 g/mol. The molecular formula is C28H21F3O6. The summed E-state index contributed by atoms with van der Waals surface area (Å²) in [6.07, 6.45) is -5.06. The number of rotatable bonds is 6. The Balaban J connectivity index is 1.82. The van der Waals surface area contributed by atoms with Crippen LogP contribution in [-0.2, 0) is 9.59 Å². The highest BCUT2D eigenvalue weighted by Crippen LogP contribution is 2.45. The Hall–Kier alpha value is -4.53. The molecule has 0 bridgehead atoms. The van der Waals surface area contributed by atoms with Gasteiger partial charge in [0.25, 0.3) is 0 Å². The molecule has 0 radical (unpaired) electrons. The average molecular weight is 510 g/mol. The van der Waals surface area contributed by atoms with Crippen LogP contribution in [0.2, 0.25) is 0 Å². The third kappa shape index (κ3) is 5.20. The van der Waals surface area contributed by atoms with Crippen molar-refractivity contribution in [2.45, 2.75) is 27.1 Å². The van der Waals surface area contributed by atoms with E-state index in [4.69, 9.17) is 13.9 Å². The van der Waals surface area contributed by atoms with Crippen molar-refractivity contribution in [1.29, 1.82) is 0 Å². The second kappa shape index (κ2) is 9.50. The zero-order chi connectivity index (χ0) is 27.1. The lowest BCUT2D eigenvalue weighted by Crippen LogP contribution is -2.18. The van der Waals surface area contributed by atoms with Crippen molar-refractivity contribution in [1.82, 2.24) is 0 Å². The van der Waals surface area contributed by atoms with Crippen LogP contribution in [0.15, 0.2) is 77.3 Å². The second-order valence-electron chi connectivity index (χ2n) is 8.40. The number of ether oxygens (including phenoxy) is 3. The molecule has 0 saturated carbocycles. The van der Waals surface area contributed by atoms with Gasteiger partial charge in [0.15, 0.2) is 11.3 Å². The van der Waals surface area contributed by atoms with Crippen molar-refractivity contribution in [2.24, 2.45) is 0 Å². The Bertz CT molecular complexity index is 1580. The molecule has 4 aromatic rings. The van der Waals surface area contributed by atoms with Gasteiger partial charge >= 0.3 is 18.3 Å². The number of halogens is 3. The number of hydrogen-bond acceptors (Lipinski definition) is 6. The summed E-state index contributed by atoms with van der Waals surface area (Å²) in [5, 5.41) is 0.897. The summed E-state index contributed by atoms with van der Waals surface area (Å²) in [4.78, 5) is 23.7. The second-order valence-corrected chi connectivity index (χ2v) is 8.40. The van der Waals surface area contributed by atoms with E-state index in [1.54, 1.807) is 50.2 Å². The summed E-state index contributed by atoms with van der Waals surface area (Å²) in [5.74, 6) is -2.32. The van der Waals surface area contributed by atoms with Crippen LogP contribution in [0.3, 0.4) is 0 Å². The predicted octanol–water partition coefficient (Wildman–Crippen LogP) is 7.42. The van der Waals surface area contributed by atoms with Crippen molar-refractivity contribution in [3.63, 3.8) is 0 Å². The third-order valence-electron chi connectivity index (χ3n) is 5.47. The molecule has 0 amide bonds. The molecule has 0 N–H and O–H groups in total. The number of aryl methyl sites for hydroxylation is 1. The van der Waals surface area contributed by atoms with Crippen LogP contribution in [0.4, 0.5) is 13.2 Å². The van der Waals surface area contributed by atoms with Crippen LogP contribution in [-0.4, -0.2) is 18.3 Å². The Morgan fingerprint density at radius 1 is 0.811 bits per heavy atom. The van der Waals surface area contributed by atoms with E-state index in [0.29, 0.717) is 27.7 Å². The minimum absolute atomic E-state index is 0.00330. The van der Waals surface area contributed by atoms with Gasteiger partial charge in [0.1, 0.15) is 11.3 Å². The first-order chi connectivity index (χ1) is 17.4. The number of alkyl halides is 3. The molecule has 9 heteroatoms. The van der Waals surface area contributed by atoms with Crippen LogP contribution >= 0.6 is 0 Å². The largest absolute Gasteiger partial charge is 0.573 e. The molecule has 0 aliphatic carbocycles. The summed E-state index contributed by atoms with van der Waals surface area (Å²) >= 11 is 0. The van der Waals surface area contributed by atoms with Crippen molar-refractivity contribution < 1.29 is 41.4 Å². The predicted molar refractivity (Wildman–Crippen MR) is 131 cm³/mol. The Morgan fingerprint density at radius 3 is 1.97 bits per heavy atom. The van der Waals surface area contributed by atoms with Gasteiger partial charge in [-0.05, 0) is 62.2 Å². The Kier molecular flexibility index (Phi) is 6.56. The maximum atomic E-state index is 13.3. The molecule has 0 aliphatic heterocycles. The first-order valence-corrected chi connectivity index (χ1v) is 11.0. The molecule has 3 aromatic carbocycles. The van der Waals surface area contributed by atoms with E-state index in [1.165, 1.54) is 19.1 Å². The van der Waals surface area contributed by atoms with E-state index in [-0.39, 0.29) is 16.7 Å². The number of carbonyl (C=O) groups excluding carboxylic acids is 2. The summed E-state index contributed by atoms with van der Waals surface area (Å²) in [5.41, 5.74) is 2.54. The lowest BCUT2D eigenvalue weighted by molar-refractivity contribution is -0.274. The summed E-state index contributed by atoms with van der Waals surface area (Å²) in [6, 6.07) is 13.0. The molecule has 0 fully saturated rings. The molecule has 37 heavy (non-hydrogen) atoms. The minimum Gasteiger partial charge on any atom is -0.452 e. The molecule has 0 unspecified atom stereocenters. The summed E-state index contributed by atoms with van der Waals surface area (Å²) in [7, 11) is 0. The SMILES string of the molecule is C=C(C)C(=O)Oc1ccc(-c2ccc3c(oc4c(OC(F)(F)F)c(OC(=O)C(=C)C)ccc43)c2C)cc1. The van der Waals surface area contributed by atoms with Gasteiger partial charge in [0.05, 0.1) is 0 Å². The highest BCUT2D eigenvalue weighted by molar-refractivity contribution is 6.10. The lowest BCUT2D eigenvalue weighted by atomic mass is 9.98. The van der Waals surface area contributed by atoms with Gasteiger partial charge in [-0.25, -0.2) is 9.59 Å². The molecule has 1 heterocycles. The van der Waals surface area contributed by atoms with Crippen molar-refractivity contribution >= 4 is 33.9 Å². The molecule has 4 rings (SSSR count). The molecule has 6 nitrogen and oxygen atoms in total. The number of fused-ring (bicyclic) bond motifs is 3. The maximum absolute atomic E-state index is 13.3. The van der Waals surface area contributed by atoms with E-state index in [0.717, 1.165) is 11.1 Å². The van der Waals surface area contributed by atoms with Gasteiger partial charge in [-0.1, -0.05) is 31.4 Å². The zero-order valence-corrected chi connectivity index (χ0v) is 20.1. The number of benzene rings is 3. The first-order valence-electron chi connectivity index (χ1n) is 11.0. The molecule has 1 aromatic heterocycles. The van der Waals surface area contributed by atoms with Gasteiger partial charge in [0, 0.05) is 27.5 Å². The van der Waals surface area contributed by atoms with Crippen LogP contribution in [0.5, 0.6) is 17.2 Å². The summed E-state index contributed by atoms with van der Waals surface area (Å²) in [6.45, 7) is 11.7. The van der Waals surface area contributed by atoms with Crippen LogP contribution < -0.4 is 14.2 Å².